The largest absolute Gasteiger partial charge is 0.457 e. The summed E-state index contributed by atoms with van der Waals surface area (Å²) in [6.45, 7) is 0.770. The molecule has 0 unspecified atom stereocenters. The van der Waals surface area contributed by atoms with Gasteiger partial charge >= 0.3 is 6.01 Å². The fourth-order valence-corrected chi connectivity index (χ4v) is 2.76. The summed E-state index contributed by atoms with van der Waals surface area (Å²) in [6, 6.07) is 4.30. The molecule has 0 atom stereocenters. The van der Waals surface area contributed by atoms with Crippen molar-refractivity contribution >= 4 is 17.3 Å². The van der Waals surface area contributed by atoms with Crippen LogP contribution < -0.4 is 21.3 Å². The van der Waals surface area contributed by atoms with Crippen LogP contribution in [0.4, 0.5) is 14.5 Å². The first-order valence-electron chi connectivity index (χ1n) is 8.36. The molecule has 2 aromatic rings. The summed E-state index contributed by atoms with van der Waals surface area (Å²) >= 11 is 5.83. The Morgan fingerprint density at radius 3 is 2.63 bits per heavy atom. The second-order valence-corrected chi connectivity index (χ2v) is 6.93. The van der Waals surface area contributed by atoms with Gasteiger partial charge in [-0.1, -0.05) is 11.6 Å². The van der Waals surface area contributed by atoms with Gasteiger partial charge < -0.3 is 10.5 Å². The van der Waals surface area contributed by atoms with E-state index in [2.05, 4.69) is 9.97 Å². The molecular formula is C18H20ClF2N5O. The van der Waals surface area contributed by atoms with Crippen LogP contribution in [0.1, 0.15) is 36.8 Å². The van der Waals surface area contributed by atoms with E-state index >= 15 is 0 Å². The highest BCUT2D eigenvalue weighted by atomic mass is 35.5. The van der Waals surface area contributed by atoms with Crippen molar-refractivity contribution in [3.05, 3.63) is 58.6 Å². The number of nitrogens with zero attached hydrogens (tertiary/aromatic N) is 3. The molecule has 0 saturated heterocycles. The van der Waals surface area contributed by atoms with Crippen molar-refractivity contribution in [1.82, 2.24) is 9.97 Å². The number of hydrogen-bond donors (Lipinski definition) is 2. The Morgan fingerprint density at radius 2 is 2.04 bits per heavy atom. The van der Waals surface area contributed by atoms with Crippen molar-refractivity contribution in [2.75, 3.05) is 11.6 Å². The Bertz CT molecular complexity index is 835. The normalized spacial score (nSPS) is 14.9. The lowest BCUT2D eigenvalue weighted by Gasteiger charge is -2.19. The molecule has 6 nitrogen and oxygen atoms in total. The fourth-order valence-electron chi connectivity index (χ4n) is 2.48. The van der Waals surface area contributed by atoms with E-state index in [-0.39, 0.29) is 28.9 Å². The average molecular weight is 396 g/mol. The van der Waals surface area contributed by atoms with E-state index in [1.165, 1.54) is 37.2 Å². The van der Waals surface area contributed by atoms with Gasteiger partial charge in [-0.15, -0.1) is 0 Å². The molecule has 3 rings (SSSR count). The van der Waals surface area contributed by atoms with E-state index in [0.717, 1.165) is 17.5 Å². The second kappa shape index (κ2) is 7.66. The first-order valence-corrected chi connectivity index (χ1v) is 8.74. The molecule has 0 radical (unpaired) electrons. The van der Waals surface area contributed by atoms with Crippen LogP contribution in [0.15, 0.2) is 42.5 Å². The number of hydrazine groups is 1. The summed E-state index contributed by atoms with van der Waals surface area (Å²) in [5.74, 6) is 3.37. The van der Waals surface area contributed by atoms with Gasteiger partial charge in [-0.3, -0.25) is 5.01 Å². The van der Waals surface area contributed by atoms with E-state index in [9.17, 15) is 8.78 Å². The molecule has 27 heavy (non-hydrogen) atoms. The molecule has 0 bridgehead atoms. The summed E-state index contributed by atoms with van der Waals surface area (Å²) in [4.78, 5) is 8.28. The third-order valence-corrected chi connectivity index (χ3v) is 4.42. The third kappa shape index (κ3) is 5.05. The molecule has 9 heteroatoms. The lowest BCUT2D eigenvalue weighted by molar-refractivity contribution is 0.0176. The number of benzene rings is 1. The number of nitrogens with two attached hydrogens (primary N) is 2. The monoisotopic (exact) mass is 395 g/mol. The van der Waals surface area contributed by atoms with Gasteiger partial charge in [0.15, 0.2) is 0 Å². The first kappa shape index (κ1) is 19.3. The zero-order valence-corrected chi connectivity index (χ0v) is 15.5. The summed E-state index contributed by atoms with van der Waals surface area (Å²) in [7, 11) is 0. The maximum Gasteiger partial charge on any atom is 0.316 e. The number of ether oxygens (including phenoxy) is 1. The van der Waals surface area contributed by atoms with Gasteiger partial charge in [0.25, 0.3) is 5.92 Å². The summed E-state index contributed by atoms with van der Waals surface area (Å²) in [5, 5.41) is 1.09. The minimum atomic E-state index is -3.09. The molecule has 1 saturated carbocycles. The van der Waals surface area contributed by atoms with E-state index in [0.29, 0.717) is 11.6 Å². The van der Waals surface area contributed by atoms with Crippen LogP contribution in [0, 0.1) is 0 Å². The SMILES string of the molecule is CC(F)(F)c1cc(N(N)/C=C(\N)COc2ncc(C3CC3)cn2)ccc1Cl. The number of anilines is 1. The minimum Gasteiger partial charge on any atom is -0.457 e. The Labute approximate surface area is 160 Å². The van der Waals surface area contributed by atoms with Gasteiger partial charge in [0.1, 0.15) is 6.61 Å². The first-order chi connectivity index (χ1) is 12.7. The van der Waals surface area contributed by atoms with Crippen molar-refractivity contribution in [3.63, 3.8) is 0 Å². The second-order valence-electron chi connectivity index (χ2n) is 6.53. The Hall–Kier alpha value is -2.45. The Morgan fingerprint density at radius 1 is 1.37 bits per heavy atom. The molecule has 1 aromatic carbocycles. The van der Waals surface area contributed by atoms with Crippen LogP contribution in [-0.4, -0.2) is 16.6 Å². The van der Waals surface area contributed by atoms with E-state index in [4.69, 9.17) is 27.9 Å². The van der Waals surface area contributed by atoms with Gasteiger partial charge in [0, 0.05) is 36.1 Å². The maximum atomic E-state index is 13.6. The molecule has 0 spiro atoms. The lowest BCUT2D eigenvalue weighted by Crippen LogP contribution is -2.27. The topological polar surface area (TPSA) is 90.3 Å². The molecule has 1 aliphatic rings. The standard InChI is InChI=1S/C18H20ClF2N5O/c1-18(20,21)15-6-14(4-5-16(15)19)26(23)9-13(22)10-27-17-24-7-12(8-25-17)11-2-3-11/h4-9,11H,2-3,10,22-23H2,1H3/b13-9-. The van der Waals surface area contributed by atoms with Crippen LogP contribution in [-0.2, 0) is 5.92 Å². The molecule has 1 heterocycles. The van der Waals surface area contributed by atoms with Crippen LogP contribution >= 0.6 is 11.6 Å². The highest BCUT2D eigenvalue weighted by Gasteiger charge is 2.28. The van der Waals surface area contributed by atoms with Crippen LogP contribution in [0.25, 0.3) is 0 Å². The lowest BCUT2D eigenvalue weighted by atomic mass is 10.1. The minimum absolute atomic E-state index is 0.000853. The molecule has 4 N–H and O–H groups in total. The van der Waals surface area contributed by atoms with E-state index in [1.54, 1.807) is 12.4 Å². The Kier molecular flexibility index (Phi) is 5.48. The zero-order chi connectivity index (χ0) is 19.6. The quantitative estimate of drug-likeness (QED) is 0.549. The van der Waals surface area contributed by atoms with Crippen molar-refractivity contribution in [3.8, 4) is 6.01 Å². The predicted octanol–water partition coefficient (Wildman–Crippen LogP) is 3.68. The van der Waals surface area contributed by atoms with Gasteiger partial charge in [-0.2, -0.15) is 0 Å². The highest BCUT2D eigenvalue weighted by Crippen LogP contribution is 2.39. The predicted molar refractivity (Wildman–Crippen MR) is 99.5 cm³/mol. The van der Waals surface area contributed by atoms with Crippen molar-refractivity contribution < 1.29 is 13.5 Å². The molecule has 1 aromatic heterocycles. The maximum absolute atomic E-state index is 13.6. The average Bonchev–Trinajstić information content (AvgIpc) is 3.45. The smallest absolute Gasteiger partial charge is 0.316 e. The number of rotatable bonds is 7. The van der Waals surface area contributed by atoms with E-state index in [1.807, 2.05) is 0 Å². The van der Waals surface area contributed by atoms with Crippen molar-refractivity contribution in [1.29, 1.82) is 0 Å². The van der Waals surface area contributed by atoms with Crippen LogP contribution in [0.5, 0.6) is 6.01 Å². The number of halogens is 3. The number of aromatic nitrogens is 2. The van der Waals surface area contributed by atoms with Gasteiger partial charge in [-0.05, 0) is 42.5 Å². The molecule has 1 aliphatic carbocycles. The third-order valence-electron chi connectivity index (χ3n) is 4.09. The summed E-state index contributed by atoms with van der Waals surface area (Å²) in [5.41, 5.74) is 7.25. The summed E-state index contributed by atoms with van der Waals surface area (Å²) in [6.07, 6.45) is 7.20. The van der Waals surface area contributed by atoms with Crippen molar-refractivity contribution in [2.45, 2.75) is 31.6 Å². The van der Waals surface area contributed by atoms with Gasteiger partial charge in [0.05, 0.1) is 11.4 Å². The number of hydrogen-bond acceptors (Lipinski definition) is 6. The highest BCUT2D eigenvalue weighted by molar-refractivity contribution is 6.31. The molecule has 0 amide bonds. The zero-order valence-electron chi connectivity index (χ0n) is 14.7. The van der Waals surface area contributed by atoms with Crippen molar-refractivity contribution in [2.24, 2.45) is 11.6 Å². The van der Waals surface area contributed by atoms with Gasteiger partial charge in [-0.25, -0.2) is 24.6 Å². The van der Waals surface area contributed by atoms with Gasteiger partial charge in [0.2, 0.25) is 0 Å². The molecule has 0 aliphatic heterocycles. The van der Waals surface area contributed by atoms with Crippen LogP contribution in [0.3, 0.4) is 0 Å². The molecular weight excluding hydrogens is 376 g/mol. The van der Waals surface area contributed by atoms with Crippen LogP contribution in [0.2, 0.25) is 5.02 Å². The van der Waals surface area contributed by atoms with E-state index < -0.39 is 5.92 Å². The fraction of sp³-hybridized carbons (Fsp3) is 0.333. The summed E-state index contributed by atoms with van der Waals surface area (Å²) < 4.78 is 32.6. The molecule has 1 fully saturated rings. The number of alkyl halides is 2. The molecule has 144 valence electrons. The Balaban J connectivity index is 1.63.